The normalized spacial score (nSPS) is 18.3. The van der Waals surface area contributed by atoms with Crippen LogP contribution in [-0.2, 0) is 0 Å². The summed E-state index contributed by atoms with van der Waals surface area (Å²) in [5.74, 6) is -0.0303. The van der Waals surface area contributed by atoms with Crippen LogP contribution in [-0.4, -0.2) is 40.1 Å². The number of H-pyrrole nitrogens is 1. The van der Waals surface area contributed by atoms with Crippen molar-refractivity contribution in [3.8, 4) is 0 Å². The van der Waals surface area contributed by atoms with Crippen LogP contribution in [0.25, 0.3) is 10.9 Å². The number of amides is 1. The number of fused-ring (bicyclic) bond motifs is 1. The van der Waals surface area contributed by atoms with Gasteiger partial charge in [-0.05, 0) is 31.0 Å². The van der Waals surface area contributed by atoms with Crippen molar-refractivity contribution in [2.24, 2.45) is 5.73 Å². The molecule has 0 saturated carbocycles. The minimum absolute atomic E-state index is 0. The summed E-state index contributed by atoms with van der Waals surface area (Å²) < 4.78 is 0.937. The highest BCUT2D eigenvalue weighted by molar-refractivity contribution is 9.10. The first-order valence-electron chi connectivity index (χ1n) is 6.35. The molecule has 1 aliphatic rings. The molecule has 1 fully saturated rings. The van der Waals surface area contributed by atoms with Crippen LogP contribution in [0.15, 0.2) is 22.7 Å². The molecule has 20 heavy (non-hydrogen) atoms. The molecule has 0 radical (unpaired) electrons. The highest BCUT2D eigenvalue weighted by atomic mass is 79.9. The topological polar surface area (TPSA) is 75.0 Å². The molecule has 2 aromatic rings. The Labute approximate surface area is 131 Å². The Bertz CT molecular complexity index is 630. The maximum atomic E-state index is 12.6. The fourth-order valence-corrected chi connectivity index (χ4v) is 2.99. The smallest absolute Gasteiger partial charge is 0.275 e. The summed E-state index contributed by atoms with van der Waals surface area (Å²) in [5.41, 5.74) is 7.08. The maximum absolute atomic E-state index is 12.6. The predicted molar refractivity (Wildman–Crippen MR) is 84.2 cm³/mol. The van der Waals surface area contributed by atoms with Gasteiger partial charge in [-0.3, -0.25) is 9.89 Å². The summed E-state index contributed by atoms with van der Waals surface area (Å²) in [4.78, 5) is 14.4. The number of nitrogens with zero attached hydrogens (tertiary/aromatic N) is 2. The zero-order chi connectivity index (χ0) is 13.4. The average Bonchev–Trinajstić information content (AvgIpc) is 3.03. The molecule has 1 aliphatic heterocycles. The molecule has 0 bridgehead atoms. The number of nitrogens with two attached hydrogens (primary N) is 1. The lowest BCUT2D eigenvalue weighted by molar-refractivity contribution is 0.0737. The Balaban J connectivity index is 0.00000147. The van der Waals surface area contributed by atoms with E-state index in [1.54, 1.807) is 0 Å². The molecular formula is C13H16BrClN4O. The Morgan fingerprint density at radius 3 is 3.10 bits per heavy atom. The number of aromatic nitrogens is 2. The van der Waals surface area contributed by atoms with Crippen molar-refractivity contribution < 1.29 is 4.79 Å². The summed E-state index contributed by atoms with van der Waals surface area (Å²) >= 11 is 3.42. The van der Waals surface area contributed by atoms with Gasteiger partial charge >= 0.3 is 0 Å². The molecule has 1 aromatic heterocycles. The third-order valence-corrected chi connectivity index (χ3v) is 4.13. The van der Waals surface area contributed by atoms with Gasteiger partial charge in [0.15, 0.2) is 5.69 Å². The van der Waals surface area contributed by atoms with E-state index in [9.17, 15) is 4.79 Å². The molecule has 0 aliphatic carbocycles. The van der Waals surface area contributed by atoms with Gasteiger partial charge in [0.1, 0.15) is 0 Å². The average molecular weight is 360 g/mol. The van der Waals surface area contributed by atoms with Crippen molar-refractivity contribution in [2.75, 3.05) is 13.1 Å². The second-order valence-corrected chi connectivity index (χ2v) is 5.71. The second kappa shape index (κ2) is 6.11. The number of halogens is 2. The zero-order valence-electron chi connectivity index (χ0n) is 10.8. The molecule has 7 heteroatoms. The molecule has 3 N–H and O–H groups in total. The van der Waals surface area contributed by atoms with Gasteiger partial charge in [0, 0.05) is 29.0 Å². The summed E-state index contributed by atoms with van der Waals surface area (Å²) in [6, 6.07) is 5.90. The van der Waals surface area contributed by atoms with Gasteiger partial charge in [-0.2, -0.15) is 5.10 Å². The molecule has 1 aromatic carbocycles. The quantitative estimate of drug-likeness (QED) is 0.864. The van der Waals surface area contributed by atoms with E-state index in [0.717, 1.165) is 34.8 Å². The van der Waals surface area contributed by atoms with Crippen LogP contribution in [0.2, 0.25) is 0 Å². The van der Waals surface area contributed by atoms with Gasteiger partial charge in [0.05, 0.1) is 5.52 Å². The second-order valence-electron chi connectivity index (χ2n) is 4.79. The molecule has 3 rings (SSSR count). The van der Waals surface area contributed by atoms with Gasteiger partial charge in [0.25, 0.3) is 5.91 Å². The first-order valence-corrected chi connectivity index (χ1v) is 7.14. The number of aromatic amines is 1. The van der Waals surface area contributed by atoms with E-state index in [2.05, 4.69) is 26.1 Å². The Morgan fingerprint density at radius 1 is 1.55 bits per heavy atom. The minimum atomic E-state index is -0.0303. The molecule has 5 nitrogen and oxygen atoms in total. The van der Waals surface area contributed by atoms with Gasteiger partial charge in [-0.15, -0.1) is 12.4 Å². The third kappa shape index (κ3) is 2.55. The van der Waals surface area contributed by atoms with Crippen LogP contribution in [0.1, 0.15) is 23.3 Å². The monoisotopic (exact) mass is 358 g/mol. The Morgan fingerprint density at radius 2 is 2.35 bits per heavy atom. The molecular weight excluding hydrogens is 344 g/mol. The van der Waals surface area contributed by atoms with E-state index < -0.39 is 0 Å². The number of hydrogen-bond donors (Lipinski definition) is 2. The van der Waals surface area contributed by atoms with Crippen molar-refractivity contribution in [1.29, 1.82) is 0 Å². The lowest BCUT2D eigenvalue weighted by Gasteiger charge is -2.22. The van der Waals surface area contributed by atoms with E-state index in [-0.39, 0.29) is 24.4 Å². The Kier molecular flexibility index (Phi) is 4.67. The Hall–Kier alpha value is -1.11. The lowest BCUT2D eigenvalue weighted by Crippen LogP contribution is -2.40. The van der Waals surface area contributed by atoms with Crippen LogP contribution in [0.5, 0.6) is 0 Å². The highest BCUT2D eigenvalue weighted by Gasteiger charge is 2.30. The molecule has 1 unspecified atom stereocenters. The lowest BCUT2D eigenvalue weighted by atomic mass is 10.2. The standard InChI is InChI=1S/C13H15BrN4O.ClH/c14-8-3-4-11-10(6-8)12(17-16-11)13(19)18-5-1-2-9(18)7-15;/h3-4,6,9H,1-2,5,7,15H2,(H,16,17);1H. The van der Waals surface area contributed by atoms with Crippen molar-refractivity contribution in [1.82, 2.24) is 15.1 Å². The number of benzene rings is 1. The fraction of sp³-hybridized carbons (Fsp3) is 0.385. The molecule has 1 amide bonds. The van der Waals surface area contributed by atoms with Gasteiger partial charge in [-0.25, -0.2) is 0 Å². The summed E-state index contributed by atoms with van der Waals surface area (Å²) in [6.07, 6.45) is 1.99. The molecule has 108 valence electrons. The third-order valence-electron chi connectivity index (χ3n) is 3.64. The van der Waals surface area contributed by atoms with Crippen LogP contribution in [0, 0.1) is 0 Å². The number of nitrogens with one attached hydrogen (secondary N) is 1. The molecule has 1 saturated heterocycles. The number of hydrogen-bond acceptors (Lipinski definition) is 3. The van der Waals surface area contributed by atoms with Gasteiger partial charge in [0.2, 0.25) is 0 Å². The molecule has 0 spiro atoms. The van der Waals surface area contributed by atoms with Crippen LogP contribution < -0.4 is 5.73 Å². The van der Waals surface area contributed by atoms with E-state index in [0.29, 0.717) is 12.2 Å². The summed E-state index contributed by atoms with van der Waals surface area (Å²) in [6.45, 7) is 1.28. The minimum Gasteiger partial charge on any atom is -0.333 e. The van der Waals surface area contributed by atoms with Crippen molar-refractivity contribution in [3.05, 3.63) is 28.4 Å². The predicted octanol–water partition coefficient (Wildman–Crippen LogP) is 2.31. The number of carbonyl (C=O) groups is 1. The largest absolute Gasteiger partial charge is 0.333 e. The van der Waals surface area contributed by atoms with E-state index >= 15 is 0 Å². The first-order chi connectivity index (χ1) is 9.20. The van der Waals surface area contributed by atoms with Crippen LogP contribution >= 0.6 is 28.3 Å². The number of carbonyl (C=O) groups excluding carboxylic acids is 1. The van der Waals surface area contributed by atoms with E-state index in [1.807, 2.05) is 23.1 Å². The maximum Gasteiger partial charge on any atom is 0.275 e. The molecule has 1 atom stereocenters. The SMILES string of the molecule is Cl.NCC1CCCN1C(=O)c1n[nH]c2ccc(Br)cc12. The highest BCUT2D eigenvalue weighted by Crippen LogP contribution is 2.25. The van der Waals surface area contributed by atoms with Crippen LogP contribution in [0.4, 0.5) is 0 Å². The van der Waals surface area contributed by atoms with E-state index in [1.165, 1.54) is 0 Å². The summed E-state index contributed by atoms with van der Waals surface area (Å²) in [5, 5.41) is 7.92. The zero-order valence-corrected chi connectivity index (χ0v) is 13.2. The molecule has 2 heterocycles. The van der Waals surface area contributed by atoms with Gasteiger partial charge in [-0.1, -0.05) is 15.9 Å². The van der Waals surface area contributed by atoms with Crippen molar-refractivity contribution in [2.45, 2.75) is 18.9 Å². The first kappa shape index (κ1) is 15.3. The van der Waals surface area contributed by atoms with Gasteiger partial charge < -0.3 is 10.6 Å². The summed E-state index contributed by atoms with van der Waals surface area (Å²) in [7, 11) is 0. The van der Waals surface area contributed by atoms with Crippen molar-refractivity contribution in [3.63, 3.8) is 0 Å². The van der Waals surface area contributed by atoms with E-state index in [4.69, 9.17) is 5.73 Å². The fourth-order valence-electron chi connectivity index (χ4n) is 2.63. The van der Waals surface area contributed by atoms with Crippen molar-refractivity contribution >= 4 is 45.1 Å². The van der Waals surface area contributed by atoms with Crippen LogP contribution in [0.3, 0.4) is 0 Å². The number of rotatable bonds is 2. The number of likely N-dealkylation sites (tertiary alicyclic amines) is 1.